The number of carbonyl (C=O) groups excluding carboxylic acids is 2. The molecule has 0 N–H and O–H groups in total. The van der Waals surface area contributed by atoms with Crippen LogP contribution in [0.4, 0.5) is 5.69 Å². The normalized spacial score (nSPS) is 17.1. The van der Waals surface area contributed by atoms with Gasteiger partial charge in [0.05, 0.1) is 4.92 Å². The number of carbonyl (C=O) groups is 2. The van der Waals surface area contributed by atoms with E-state index in [1.54, 1.807) is 6.07 Å². The van der Waals surface area contributed by atoms with E-state index in [1.807, 2.05) is 18.2 Å². The van der Waals surface area contributed by atoms with Crippen LogP contribution >= 0.6 is 0 Å². The lowest BCUT2D eigenvalue weighted by Crippen LogP contribution is -2.26. The van der Waals surface area contributed by atoms with Gasteiger partial charge in [-0.05, 0) is 30.5 Å². The number of hydrogen-bond acceptors (Lipinski definition) is 6. The van der Waals surface area contributed by atoms with Crippen LogP contribution in [0, 0.1) is 10.1 Å². The Morgan fingerprint density at radius 2 is 1.97 bits per heavy atom. The first kappa shape index (κ1) is 20.4. The van der Waals surface area contributed by atoms with E-state index in [0.29, 0.717) is 18.5 Å². The van der Waals surface area contributed by atoms with Crippen LogP contribution in [0.5, 0.6) is 0 Å². The van der Waals surface area contributed by atoms with Gasteiger partial charge in [-0.1, -0.05) is 42.5 Å². The molecule has 3 rings (SSSR count). The lowest BCUT2D eigenvalue weighted by molar-refractivity contribution is -0.384. The van der Waals surface area contributed by atoms with Crippen LogP contribution in [0.2, 0.25) is 0 Å². The van der Waals surface area contributed by atoms with E-state index in [2.05, 4.69) is 17.0 Å². The Balaban J connectivity index is 1.65. The second kappa shape index (κ2) is 9.25. The molecule has 0 aromatic heterocycles. The van der Waals surface area contributed by atoms with Crippen molar-refractivity contribution in [3.05, 3.63) is 81.4 Å². The average molecular weight is 394 g/mol. The second-order valence-corrected chi connectivity index (χ2v) is 7.00. The summed E-state index contributed by atoms with van der Waals surface area (Å²) >= 11 is 0. The van der Waals surface area contributed by atoms with Gasteiger partial charge in [0.2, 0.25) is 0 Å². The van der Waals surface area contributed by atoms with E-state index in [1.165, 1.54) is 36.8 Å². The number of esters is 1. The summed E-state index contributed by atoms with van der Waals surface area (Å²) in [5.41, 5.74) is 1.36. The number of nitrogens with zero attached hydrogens (tertiary/aromatic N) is 2. The first-order chi connectivity index (χ1) is 13.9. The molecule has 7 heteroatoms. The van der Waals surface area contributed by atoms with Crippen LogP contribution < -0.4 is 0 Å². The molecule has 0 aliphatic carbocycles. The van der Waals surface area contributed by atoms with Crippen LogP contribution in [0.1, 0.15) is 24.5 Å². The highest BCUT2D eigenvalue weighted by Gasteiger charge is 2.28. The van der Waals surface area contributed by atoms with Crippen molar-refractivity contribution < 1.29 is 19.2 Å². The standard InChI is InChI=1S/C22H22N2O5/c1-16(25)21(13-18-8-5-9-19(12-18)24(27)28)22(26)29-20-10-11-23(15-20)14-17-6-3-2-4-7-17/h2-9,12-13,20H,10-11,14-15H2,1H3. The molecule has 1 aliphatic heterocycles. The van der Waals surface area contributed by atoms with E-state index < -0.39 is 16.7 Å². The molecule has 1 fully saturated rings. The number of nitro benzene ring substituents is 1. The fourth-order valence-electron chi connectivity index (χ4n) is 3.29. The molecule has 0 amide bonds. The highest BCUT2D eigenvalue weighted by atomic mass is 16.6. The van der Waals surface area contributed by atoms with Gasteiger partial charge in [0, 0.05) is 31.8 Å². The fraction of sp³-hybridized carbons (Fsp3) is 0.273. The summed E-state index contributed by atoms with van der Waals surface area (Å²) in [5.74, 6) is -1.14. The minimum Gasteiger partial charge on any atom is -0.457 e. The quantitative estimate of drug-likeness (QED) is 0.179. The Bertz CT molecular complexity index is 939. The molecule has 1 unspecified atom stereocenters. The molecule has 0 bridgehead atoms. The molecule has 2 aromatic rings. The zero-order chi connectivity index (χ0) is 20.8. The summed E-state index contributed by atoms with van der Waals surface area (Å²) in [6.45, 7) is 3.46. The summed E-state index contributed by atoms with van der Waals surface area (Å²) in [5, 5.41) is 10.9. The Hall–Kier alpha value is -3.32. The van der Waals surface area contributed by atoms with Crippen LogP contribution in [-0.2, 0) is 20.9 Å². The smallest absolute Gasteiger partial charge is 0.342 e. The number of ether oxygens (including phenoxy) is 1. The van der Waals surface area contributed by atoms with Crippen LogP contribution in [-0.4, -0.2) is 40.8 Å². The summed E-state index contributed by atoms with van der Waals surface area (Å²) < 4.78 is 5.55. The maximum atomic E-state index is 12.6. The van der Waals surface area contributed by atoms with Crippen molar-refractivity contribution in [2.75, 3.05) is 13.1 Å². The average Bonchev–Trinajstić information content (AvgIpc) is 3.13. The van der Waals surface area contributed by atoms with Crippen molar-refractivity contribution in [1.29, 1.82) is 0 Å². The van der Waals surface area contributed by atoms with E-state index in [9.17, 15) is 19.7 Å². The SMILES string of the molecule is CC(=O)C(=Cc1cccc([N+](=O)[O-])c1)C(=O)OC1CCN(Cc2ccccc2)C1. The largest absolute Gasteiger partial charge is 0.457 e. The van der Waals surface area contributed by atoms with Crippen molar-refractivity contribution in [3.63, 3.8) is 0 Å². The van der Waals surface area contributed by atoms with Crippen molar-refractivity contribution in [2.45, 2.75) is 26.0 Å². The number of hydrogen-bond donors (Lipinski definition) is 0. The van der Waals surface area contributed by atoms with Crippen LogP contribution in [0.25, 0.3) is 6.08 Å². The number of rotatable bonds is 7. The number of benzene rings is 2. The number of nitro groups is 1. The lowest BCUT2D eigenvalue weighted by Gasteiger charge is -2.16. The van der Waals surface area contributed by atoms with Gasteiger partial charge >= 0.3 is 5.97 Å². The molecule has 0 spiro atoms. The molecule has 1 heterocycles. The third-order valence-corrected chi connectivity index (χ3v) is 4.74. The molecule has 29 heavy (non-hydrogen) atoms. The fourth-order valence-corrected chi connectivity index (χ4v) is 3.29. The Labute approximate surface area is 168 Å². The second-order valence-electron chi connectivity index (χ2n) is 7.00. The van der Waals surface area contributed by atoms with E-state index >= 15 is 0 Å². The number of Topliss-reactive ketones (excluding diaryl/α,β-unsaturated/α-hetero) is 1. The molecule has 150 valence electrons. The predicted octanol–water partition coefficient (Wildman–Crippen LogP) is 3.38. The van der Waals surface area contributed by atoms with E-state index in [0.717, 1.165) is 13.1 Å². The van der Waals surface area contributed by atoms with E-state index in [-0.39, 0.29) is 17.4 Å². The third-order valence-electron chi connectivity index (χ3n) is 4.74. The summed E-state index contributed by atoms with van der Waals surface area (Å²) in [6, 6.07) is 15.8. The van der Waals surface area contributed by atoms with Gasteiger partial charge in [0.15, 0.2) is 5.78 Å². The molecular weight excluding hydrogens is 372 g/mol. The summed E-state index contributed by atoms with van der Waals surface area (Å²) in [7, 11) is 0. The highest BCUT2D eigenvalue weighted by molar-refractivity contribution is 6.19. The van der Waals surface area contributed by atoms with Crippen molar-refractivity contribution in [3.8, 4) is 0 Å². The van der Waals surface area contributed by atoms with Gasteiger partial charge in [0.1, 0.15) is 11.7 Å². The minimum absolute atomic E-state index is 0.109. The first-order valence-corrected chi connectivity index (χ1v) is 9.36. The summed E-state index contributed by atoms with van der Waals surface area (Å²) in [6.07, 6.45) is 1.74. The molecule has 1 atom stereocenters. The zero-order valence-corrected chi connectivity index (χ0v) is 16.1. The number of non-ortho nitro benzene ring substituents is 1. The number of ketones is 1. The first-order valence-electron chi connectivity index (χ1n) is 9.36. The van der Waals surface area contributed by atoms with Gasteiger partial charge in [-0.15, -0.1) is 0 Å². The lowest BCUT2D eigenvalue weighted by atomic mass is 10.1. The molecule has 2 aromatic carbocycles. The molecule has 0 radical (unpaired) electrons. The zero-order valence-electron chi connectivity index (χ0n) is 16.1. The monoisotopic (exact) mass is 394 g/mol. The minimum atomic E-state index is -0.699. The molecule has 7 nitrogen and oxygen atoms in total. The third kappa shape index (κ3) is 5.58. The Kier molecular flexibility index (Phi) is 6.51. The van der Waals surface area contributed by atoms with Gasteiger partial charge in [-0.2, -0.15) is 0 Å². The molecular formula is C22H22N2O5. The van der Waals surface area contributed by atoms with Crippen LogP contribution in [0.15, 0.2) is 60.2 Å². The van der Waals surface area contributed by atoms with Gasteiger partial charge in [-0.25, -0.2) is 4.79 Å². The summed E-state index contributed by atoms with van der Waals surface area (Å²) in [4.78, 5) is 37.1. The molecule has 0 saturated carbocycles. The predicted molar refractivity (Wildman–Crippen MR) is 108 cm³/mol. The van der Waals surface area contributed by atoms with E-state index in [4.69, 9.17) is 4.74 Å². The van der Waals surface area contributed by atoms with Gasteiger partial charge < -0.3 is 4.74 Å². The van der Waals surface area contributed by atoms with Crippen molar-refractivity contribution in [1.82, 2.24) is 4.90 Å². The topological polar surface area (TPSA) is 89.8 Å². The number of likely N-dealkylation sites (tertiary alicyclic amines) is 1. The maximum Gasteiger partial charge on any atom is 0.342 e. The highest BCUT2D eigenvalue weighted by Crippen LogP contribution is 2.20. The van der Waals surface area contributed by atoms with Gasteiger partial charge in [0.25, 0.3) is 5.69 Å². The molecule has 1 aliphatic rings. The van der Waals surface area contributed by atoms with Gasteiger partial charge in [-0.3, -0.25) is 19.8 Å². The molecule has 1 saturated heterocycles. The Morgan fingerprint density at radius 3 is 2.66 bits per heavy atom. The van der Waals surface area contributed by atoms with Crippen molar-refractivity contribution in [2.24, 2.45) is 0 Å². The maximum absolute atomic E-state index is 12.6. The van der Waals surface area contributed by atoms with Crippen molar-refractivity contribution >= 4 is 23.5 Å². The Morgan fingerprint density at radius 1 is 1.21 bits per heavy atom. The van der Waals surface area contributed by atoms with Crippen LogP contribution in [0.3, 0.4) is 0 Å².